The third kappa shape index (κ3) is 3.18. The quantitative estimate of drug-likeness (QED) is 0.688. The maximum absolute atomic E-state index is 12.9. The van der Waals surface area contributed by atoms with E-state index in [0.29, 0.717) is 15.8 Å². The molecular formula is C12H15BrClF. The van der Waals surface area contributed by atoms with E-state index in [2.05, 4.69) is 36.7 Å². The molecule has 2 atom stereocenters. The summed E-state index contributed by atoms with van der Waals surface area (Å²) in [5.41, 5.74) is 0.994. The third-order valence-corrected chi connectivity index (χ3v) is 4.75. The van der Waals surface area contributed by atoms with Crippen molar-refractivity contribution in [2.75, 3.05) is 0 Å². The van der Waals surface area contributed by atoms with E-state index in [-0.39, 0.29) is 11.7 Å². The van der Waals surface area contributed by atoms with Gasteiger partial charge in [-0.25, -0.2) is 4.39 Å². The second-order valence-corrected chi connectivity index (χ2v) is 5.61. The first-order valence-electron chi connectivity index (χ1n) is 5.02. The molecule has 0 heterocycles. The highest BCUT2D eigenvalue weighted by Gasteiger charge is 2.21. The average molecular weight is 294 g/mol. The molecule has 0 fully saturated rings. The Labute approximate surface area is 104 Å². The van der Waals surface area contributed by atoms with E-state index in [1.54, 1.807) is 6.07 Å². The summed E-state index contributed by atoms with van der Waals surface area (Å²) in [4.78, 5) is 0.348. The maximum Gasteiger partial charge on any atom is 0.124 e. The number of rotatable bonds is 3. The van der Waals surface area contributed by atoms with Gasteiger partial charge in [-0.15, -0.1) is 0 Å². The first-order chi connectivity index (χ1) is 6.93. The van der Waals surface area contributed by atoms with E-state index >= 15 is 0 Å². The molecule has 1 aromatic rings. The van der Waals surface area contributed by atoms with Gasteiger partial charge >= 0.3 is 0 Å². The van der Waals surface area contributed by atoms with Gasteiger partial charge in [0.1, 0.15) is 5.82 Å². The van der Waals surface area contributed by atoms with Gasteiger partial charge in [0.15, 0.2) is 0 Å². The molecule has 0 N–H and O–H groups in total. The van der Waals surface area contributed by atoms with Crippen LogP contribution in [0.4, 0.5) is 4.39 Å². The van der Waals surface area contributed by atoms with Crippen LogP contribution >= 0.6 is 27.5 Å². The molecule has 0 aliphatic rings. The van der Waals surface area contributed by atoms with Gasteiger partial charge in [0.25, 0.3) is 0 Å². The number of benzene rings is 1. The lowest BCUT2D eigenvalue weighted by Gasteiger charge is -2.23. The molecule has 2 unspecified atom stereocenters. The molecule has 0 aromatic heterocycles. The molecule has 0 aliphatic carbocycles. The van der Waals surface area contributed by atoms with E-state index in [1.807, 2.05) is 0 Å². The highest BCUT2D eigenvalue weighted by molar-refractivity contribution is 9.09. The second-order valence-electron chi connectivity index (χ2n) is 4.14. The van der Waals surface area contributed by atoms with Gasteiger partial charge in [-0.2, -0.15) is 0 Å². The number of hydrogen-bond donors (Lipinski definition) is 0. The summed E-state index contributed by atoms with van der Waals surface area (Å²) in [5, 5.41) is 0.507. The van der Waals surface area contributed by atoms with Crippen molar-refractivity contribution in [1.82, 2.24) is 0 Å². The first kappa shape index (κ1) is 13.0. The molecular weight excluding hydrogens is 278 g/mol. The van der Waals surface area contributed by atoms with Crippen LogP contribution in [0.3, 0.4) is 0 Å². The molecule has 0 saturated heterocycles. The summed E-state index contributed by atoms with van der Waals surface area (Å²) in [7, 11) is 0. The summed E-state index contributed by atoms with van der Waals surface area (Å²) in [5.74, 6) is 0.505. The first-order valence-corrected chi connectivity index (χ1v) is 6.32. The van der Waals surface area contributed by atoms with Crippen molar-refractivity contribution in [3.8, 4) is 0 Å². The van der Waals surface area contributed by atoms with Gasteiger partial charge < -0.3 is 0 Å². The Bertz CT molecular complexity index is 338. The van der Waals surface area contributed by atoms with Crippen molar-refractivity contribution >= 4 is 27.5 Å². The Morgan fingerprint density at radius 1 is 1.27 bits per heavy atom. The number of halogens is 3. The van der Waals surface area contributed by atoms with Crippen LogP contribution in [0.25, 0.3) is 0 Å². The van der Waals surface area contributed by atoms with Gasteiger partial charge in [0.2, 0.25) is 0 Å². The van der Waals surface area contributed by atoms with Crippen molar-refractivity contribution in [1.29, 1.82) is 0 Å². The molecule has 0 radical (unpaired) electrons. The van der Waals surface area contributed by atoms with Gasteiger partial charge in [-0.1, -0.05) is 54.4 Å². The molecule has 1 aromatic carbocycles. The fourth-order valence-corrected chi connectivity index (χ4v) is 2.24. The van der Waals surface area contributed by atoms with Crippen LogP contribution in [-0.2, 0) is 0 Å². The van der Waals surface area contributed by atoms with Gasteiger partial charge in [0, 0.05) is 9.85 Å². The topological polar surface area (TPSA) is 0 Å². The zero-order chi connectivity index (χ0) is 11.6. The molecule has 0 spiro atoms. The average Bonchev–Trinajstić information content (AvgIpc) is 2.15. The molecule has 0 saturated carbocycles. The third-order valence-electron chi connectivity index (χ3n) is 2.57. The Hall–Kier alpha value is -0.0800. The lowest BCUT2D eigenvalue weighted by Crippen LogP contribution is -2.16. The number of hydrogen-bond acceptors (Lipinski definition) is 0. The van der Waals surface area contributed by atoms with Crippen molar-refractivity contribution in [2.45, 2.75) is 31.5 Å². The number of alkyl halides is 1. The van der Waals surface area contributed by atoms with Crippen LogP contribution in [0.5, 0.6) is 0 Å². The van der Waals surface area contributed by atoms with Crippen LogP contribution in [-0.4, -0.2) is 4.83 Å². The highest BCUT2D eigenvalue weighted by atomic mass is 79.9. The molecule has 0 nitrogen and oxygen atoms in total. The van der Waals surface area contributed by atoms with Crippen LogP contribution in [0.1, 0.15) is 32.3 Å². The largest absolute Gasteiger partial charge is 0.207 e. The Morgan fingerprint density at radius 3 is 2.33 bits per heavy atom. The Kier molecular flexibility index (Phi) is 4.60. The second kappa shape index (κ2) is 5.31. The summed E-state index contributed by atoms with van der Waals surface area (Å²) in [6.45, 7) is 6.39. The Balaban J connectivity index is 2.96. The molecule has 84 valence electrons. The van der Waals surface area contributed by atoms with Crippen LogP contribution in [0, 0.1) is 11.7 Å². The monoisotopic (exact) mass is 292 g/mol. The minimum Gasteiger partial charge on any atom is -0.207 e. The van der Waals surface area contributed by atoms with E-state index in [0.717, 1.165) is 5.56 Å². The van der Waals surface area contributed by atoms with E-state index < -0.39 is 0 Å². The molecule has 0 aliphatic heterocycles. The lowest BCUT2D eigenvalue weighted by molar-refractivity contribution is 0.549. The normalized spacial score (nSPS) is 15.4. The highest BCUT2D eigenvalue weighted by Crippen LogP contribution is 2.33. The predicted molar refractivity (Wildman–Crippen MR) is 67.4 cm³/mol. The van der Waals surface area contributed by atoms with E-state index in [9.17, 15) is 4.39 Å². The lowest BCUT2D eigenvalue weighted by atomic mass is 9.92. The molecule has 0 bridgehead atoms. The van der Waals surface area contributed by atoms with Gasteiger partial charge in [0.05, 0.1) is 0 Å². The van der Waals surface area contributed by atoms with Crippen LogP contribution in [0.2, 0.25) is 5.02 Å². The summed E-state index contributed by atoms with van der Waals surface area (Å²) in [6.07, 6.45) is 0. The van der Waals surface area contributed by atoms with E-state index in [4.69, 9.17) is 11.6 Å². The van der Waals surface area contributed by atoms with Crippen molar-refractivity contribution in [2.24, 2.45) is 5.92 Å². The summed E-state index contributed by atoms with van der Waals surface area (Å²) >= 11 is 9.66. The minimum atomic E-state index is -0.286. The fourth-order valence-electron chi connectivity index (χ4n) is 1.62. The minimum absolute atomic E-state index is 0.276. The fraction of sp³-hybridized carbons (Fsp3) is 0.500. The van der Waals surface area contributed by atoms with Crippen molar-refractivity contribution in [3.63, 3.8) is 0 Å². The maximum atomic E-state index is 12.9. The van der Waals surface area contributed by atoms with Crippen molar-refractivity contribution < 1.29 is 4.39 Å². The smallest absolute Gasteiger partial charge is 0.124 e. The molecule has 3 heteroatoms. The standard InChI is InChI=1S/C12H15BrClF/c1-7(2)12(13)8(3)10-5-4-9(15)6-11(10)14/h4-8,12H,1-3H3. The molecule has 0 amide bonds. The Morgan fingerprint density at radius 2 is 1.87 bits per heavy atom. The summed E-state index contributed by atoms with van der Waals surface area (Å²) in [6, 6.07) is 4.59. The zero-order valence-electron chi connectivity index (χ0n) is 9.10. The van der Waals surface area contributed by atoms with E-state index in [1.165, 1.54) is 12.1 Å². The SMILES string of the molecule is CC(C)C(Br)C(C)c1ccc(F)cc1Cl. The predicted octanol–water partition coefficient (Wildman–Crippen LogP) is 5.00. The molecule has 15 heavy (non-hydrogen) atoms. The van der Waals surface area contributed by atoms with Gasteiger partial charge in [-0.3, -0.25) is 0 Å². The molecule has 1 rings (SSSR count). The summed E-state index contributed by atoms with van der Waals surface area (Å²) < 4.78 is 12.9. The van der Waals surface area contributed by atoms with Gasteiger partial charge in [-0.05, 0) is 29.5 Å². The zero-order valence-corrected chi connectivity index (χ0v) is 11.4. The van der Waals surface area contributed by atoms with Crippen molar-refractivity contribution in [3.05, 3.63) is 34.6 Å². The van der Waals surface area contributed by atoms with Crippen LogP contribution < -0.4 is 0 Å². The van der Waals surface area contributed by atoms with Crippen LogP contribution in [0.15, 0.2) is 18.2 Å².